The minimum Gasteiger partial charge on any atom is -0.294 e. The van der Waals surface area contributed by atoms with Gasteiger partial charge in [-0.3, -0.25) is 9.69 Å². The van der Waals surface area contributed by atoms with Crippen LogP contribution in [0.4, 0.5) is 13.2 Å². The third-order valence-electron chi connectivity index (χ3n) is 2.12. The van der Waals surface area contributed by atoms with Gasteiger partial charge in [0.05, 0.1) is 0 Å². The van der Waals surface area contributed by atoms with Gasteiger partial charge in [-0.25, -0.2) is 8.78 Å². The number of piperidine rings is 1. The summed E-state index contributed by atoms with van der Waals surface area (Å²) in [7, 11) is 1.47. The minimum atomic E-state index is -2.89. The van der Waals surface area contributed by atoms with Crippen LogP contribution in [0.15, 0.2) is 0 Å². The number of hydrogen-bond donors (Lipinski definition) is 0. The first-order valence-electron chi connectivity index (χ1n) is 3.70. The van der Waals surface area contributed by atoms with Gasteiger partial charge in [-0.05, 0) is 7.05 Å². The monoisotopic (exact) mass is 181 g/mol. The number of nitrogens with zero attached hydrogens (tertiary/aromatic N) is 1. The summed E-state index contributed by atoms with van der Waals surface area (Å²) in [4.78, 5) is 11.6. The smallest absolute Gasteiger partial charge is 0.294 e. The molecule has 1 rings (SSSR count). The summed E-state index contributed by atoms with van der Waals surface area (Å²) in [6, 6.07) is -2.93. The Hall–Kier alpha value is -0.580. The van der Waals surface area contributed by atoms with Crippen LogP contribution in [0.1, 0.15) is 12.8 Å². The van der Waals surface area contributed by atoms with Crippen molar-refractivity contribution >= 4 is 6.04 Å². The van der Waals surface area contributed by atoms with E-state index in [1.165, 1.54) is 11.9 Å². The van der Waals surface area contributed by atoms with Gasteiger partial charge in [0.2, 0.25) is 0 Å². The van der Waals surface area contributed by atoms with E-state index in [-0.39, 0.29) is 13.0 Å². The Morgan fingerprint density at radius 2 is 2.17 bits per heavy atom. The lowest BCUT2D eigenvalue weighted by atomic mass is 10.00. The molecule has 1 heterocycles. The molecule has 0 bridgehead atoms. The van der Waals surface area contributed by atoms with Gasteiger partial charge < -0.3 is 0 Å². The summed E-state index contributed by atoms with van der Waals surface area (Å²) in [6.07, 6.45) is -0.994. The Bertz CT molecular complexity index is 195. The second-order valence-corrected chi connectivity index (χ2v) is 3.11. The highest BCUT2D eigenvalue weighted by Gasteiger charge is 2.42. The maximum atomic E-state index is 12.6. The largest absolute Gasteiger partial charge is 0.318 e. The first-order valence-corrected chi connectivity index (χ1v) is 3.70. The van der Waals surface area contributed by atoms with Crippen molar-refractivity contribution in [3.05, 3.63) is 0 Å². The van der Waals surface area contributed by atoms with Crippen LogP contribution in [0.25, 0.3) is 0 Å². The van der Waals surface area contributed by atoms with Crippen LogP contribution in [-0.4, -0.2) is 36.5 Å². The van der Waals surface area contributed by atoms with Crippen LogP contribution in [0.2, 0.25) is 0 Å². The van der Waals surface area contributed by atoms with E-state index in [4.69, 9.17) is 0 Å². The molecule has 70 valence electrons. The molecule has 1 aliphatic rings. The number of likely N-dealkylation sites (tertiary alicyclic amines) is 1. The van der Waals surface area contributed by atoms with E-state index < -0.39 is 24.4 Å². The van der Waals surface area contributed by atoms with Crippen molar-refractivity contribution in [1.82, 2.24) is 4.90 Å². The zero-order valence-corrected chi connectivity index (χ0v) is 6.69. The summed E-state index contributed by atoms with van der Waals surface area (Å²) in [6.45, 7) is 0.0628. The Labute approximate surface area is 68.3 Å². The molecule has 2 nitrogen and oxygen atoms in total. The number of likely N-dealkylation sites (N-methyl/N-ethyl adjacent to an activating group) is 1. The molecule has 0 aromatic heterocycles. The number of carbonyl (C=O) groups is 1. The second-order valence-electron chi connectivity index (χ2n) is 3.11. The van der Waals surface area contributed by atoms with Gasteiger partial charge in [-0.2, -0.15) is 4.39 Å². The molecule has 1 saturated heterocycles. The third-order valence-corrected chi connectivity index (χ3v) is 2.12. The van der Waals surface area contributed by atoms with Crippen molar-refractivity contribution in [3.8, 4) is 0 Å². The van der Waals surface area contributed by atoms with Crippen molar-refractivity contribution in [2.75, 3.05) is 13.6 Å². The van der Waals surface area contributed by atoms with Gasteiger partial charge >= 0.3 is 6.04 Å². The molecule has 0 N–H and O–H groups in total. The average Bonchev–Trinajstić information content (AvgIpc) is 1.94. The van der Waals surface area contributed by atoms with Gasteiger partial charge in [0.1, 0.15) is 6.04 Å². The highest BCUT2D eigenvalue weighted by Crippen LogP contribution is 2.31. The molecular weight excluding hydrogens is 171 g/mol. The Morgan fingerprint density at radius 1 is 1.58 bits per heavy atom. The summed E-state index contributed by atoms with van der Waals surface area (Å²) in [5.41, 5.74) is 0. The Kier molecular flexibility index (Phi) is 2.41. The molecule has 0 aromatic rings. The number of hydrogen-bond acceptors (Lipinski definition) is 2. The summed E-state index contributed by atoms with van der Waals surface area (Å²) < 4.78 is 37.5. The molecular formula is C7H10F3NO. The lowest BCUT2D eigenvalue weighted by molar-refractivity contribution is -0.144. The minimum absolute atomic E-state index is 0.0628. The molecule has 0 unspecified atom stereocenters. The molecule has 0 spiro atoms. The zero-order chi connectivity index (χ0) is 9.35. The fourth-order valence-corrected chi connectivity index (χ4v) is 1.29. The van der Waals surface area contributed by atoms with Gasteiger partial charge in [-0.15, -0.1) is 0 Å². The van der Waals surface area contributed by atoms with E-state index in [0.29, 0.717) is 0 Å². The molecule has 0 aliphatic carbocycles. The van der Waals surface area contributed by atoms with Crippen LogP contribution in [0.3, 0.4) is 0 Å². The van der Waals surface area contributed by atoms with E-state index in [9.17, 15) is 18.0 Å². The predicted molar refractivity (Wildman–Crippen MR) is 36.7 cm³/mol. The third kappa shape index (κ3) is 1.97. The maximum absolute atomic E-state index is 12.6. The van der Waals surface area contributed by atoms with Crippen molar-refractivity contribution in [1.29, 1.82) is 0 Å². The molecule has 1 fully saturated rings. The molecule has 0 aromatic carbocycles. The summed E-state index contributed by atoms with van der Waals surface area (Å²) in [5.74, 6) is -2.89. The van der Waals surface area contributed by atoms with Gasteiger partial charge in [-0.1, -0.05) is 0 Å². The van der Waals surface area contributed by atoms with E-state index in [0.717, 1.165) is 0 Å². The first-order chi connectivity index (χ1) is 5.42. The van der Waals surface area contributed by atoms with Crippen LogP contribution in [-0.2, 0) is 4.79 Å². The molecule has 5 heteroatoms. The van der Waals surface area contributed by atoms with E-state index in [1.54, 1.807) is 0 Å². The van der Waals surface area contributed by atoms with Crippen molar-refractivity contribution in [2.45, 2.75) is 24.8 Å². The second kappa shape index (κ2) is 3.05. The van der Waals surface area contributed by atoms with Crippen LogP contribution in [0.5, 0.6) is 0 Å². The summed E-state index contributed by atoms with van der Waals surface area (Å²) in [5, 5.41) is 0. The molecule has 0 amide bonds. The van der Waals surface area contributed by atoms with Crippen molar-refractivity contribution < 1.29 is 18.0 Å². The lowest BCUT2D eigenvalue weighted by Gasteiger charge is -2.33. The molecule has 0 radical (unpaired) electrons. The van der Waals surface area contributed by atoms with E-state index in [1.807, 2.05) is 0 Å². The van der Waals surface area contributed by atoms with Crippen molar-refractivity contribution in [2.24, 2.45) is 0 Å². The average molecular weight is 181 g/mol. The predicted octanol–water partition coefficient (Wildman–Crippen LogP) is 1.21. The van der Waals surface area contributed by atoms with E-state index >= 15 is 0 Å². The highest BCUT2D eigenvalue weighted by atomic mass is 19.3. The summed E-state index contributed by atoms with van der Waals surface area (Å²) >= 11 is 0. The standard InChI is InChI=1S/C7H10F3NO/c1-11-3-2-7(9,10)4-5(11)6(8)12/h5H,2-4H2,1H3/t5-/m0/s1. The fraction of sp³-hybridized carbons (Fsp3) is 0.857. The van der Waals surface area contributed by atoms with Gasteiger partial charge in [0.15, 0.2) is 0 Å². The topological polar surface area (TPSA) is 20.3 Å². The number of halogens is 3. The highest BCUT2D eigenvalue weighted by molar-refractivity contribution is 5.74. The van der Waals surface area contributed by atoms with Crippen LogP contribution in [0, 0.1) is 0 Å². The SMILES string of the molecule is CN1CCC(F)(F)C[C@H]1C(=O)F. The number of alkyl halides is 2. The van der Waals surface area contributed by atoms with Gasteiger partial charge in [0, 0.05) is 19.4 Å². The van der Waals surface area contributed by atoms with Crippen molar-refractivity contribution in [3.63, 3.8) is 0 Å². The number of carbonyl (C=O) groups excluding carboxylic acids is 1. The lowest BCUT2D eigenvalue weighted by Crippen LogP contribution is -2.47. The maximum Gasteiger partial charge on any atom is 0.318 e. The first kappa shape index (κ1) is 9.51. The Morgan fingerprint density at radius 3 is 2.58 bits per heavy atom. The van der Waals surface area contributed by atoms with Gasteiger partial charge in [0.25, 0.3) is 5.92 Å². The number of rotatable bonds is 1. The quantitative estimate of drug-likeness (QED) is 0.567. The van der Waals surface area contributed by atoms with E-state index in [2.05, 4.69) is 0 Å². The molecule has 1 aliphatic heterocycles. The molecule has 0 saturated carbocycles. The van der Waals surface area contributed by atoms with Crippen LogP contribution >= 0.6 is 0 Å². The fourth-order valence-electron chi connectivity index (χ4n) is 1.29. The van der Waals surface area contributed by atoms with Crippen LogP contribution < -0.4 is 0 Å². The molecule has 1 atom stereocenters. The molecule has 12 heavy (non-hydrogen) atoms. The normalized spacial score (nSPS) is 30.2. The Balaban J connectivity index is 2.66. The zero-order valence-electron chi connectivity index (χ0n) is 6.69.